The van der Waals surface area contributed by atoms with E-state index in [0.717, 1.165) is 27.7 Å². The number of H-pyrrole nitrogens is 2. The zero-order valence-electron chi connectivity index (χ0n) is 16.3. The van der Waals surface area contributed by atoms with Gasteiger partial charge >= 0.3 is 0 Å². The summed E-state index contributed by atoms with van der Waals surface area (Å²) < 4.78 is 0. The zero-order chi connectivity index (χ0) is 20.5. The fourth-order valence-corrected chi connectivity index (χ4v) is 4.02. The Hall–Kier alpha value is -3.87. The minimum atomic E-state index is -0.474. The first-order chi connectivity index (χ1) is 14.7. The number of carbonyl (C=O) groups is 2. The molecule has 0 saturated carbocycles. The van der Waals surface area contributed by atoms with Crippen LogP contribution in [-0.2, 0) is 16.1 Å². The molecule has 0 spiro atoms. The molecule has 2 amide bonds. The first kappa shape index (κ1) is 18.2. The fraction of sp³-hybridized carbons (Fsp3) is 0.174. The number of fused-ring (bicyclic) bond motifs is 1. The SMILES string of the molecule is O=C(Nc1ccc(-c2cnc[nH]2)cc1)C1CCC(=O)N1Cc1c[nH]c2ccccc12. The van der Waals surface area contributed by atoms with E-state index >= 15 is 0 Å². The summed E-state index contributed by atoms with van der Waals surface area (Å²) in [4.78, 5) is 37.4. The number of likely N-dealkylation sites (tertiary alicyclic amines) is 1. The molecule has 30 heavy (non-hydrogen) atoms. The maximum atomic E-state index is 12.9. The number of amides is 2. The largest absolute Gasteiger partial charge is 0.361 e. The summed E-state index contributed by atoms with van der Waals surface area (Å²) in [6.07, 6.45) is 6.21. The summed E-state index contributed by atoms with van der Waals surface area (Å²) in [5.41, 5.74) is 4.65. The summed E-state index contributed by atoms with van der Waals surface area (Å²) in [7, 11) is 0. The molecule has 1 aliphatic rings. The van der Waals surface area contributed by atoms with Crippen LogP contribution in [0.1, 0.15) is 18.4 Å². The van der Waals surface area contributed by atoms with Crippen molar-refractivity contribution in [1.29, 1.82) is 0 Å². The highest BCUT2D eigenvalue weighted by Crippen LogP contribution is 2.27. The van der Waals surface area contributed by atoms with Gasteiger partial charge in [-0.2, -0.15) is 0 Å². The van der Waals surface area contributed by atoms with Crippen LogP contribution in [0.15, 0.2) is 67.3 Å². The van der Waals surface area contributed by atoms with E-state index in [-0.39, 0.29) is 11.8 Å². The molecule has 1 atom stereocenters. The number of nitrogens with zero attached hydrogens (tertiary/aromatic N) is 2. The molecule has 4 aromatic rings. The van der Waals surface area contributed by atoms with Gasteiger partial charge < -0.3 is 20.2 Å². The number of benzene rings is 2. The number of nitrogens with one attached hydrogen (secondary N) is 3. The van der Waals surface area contributed by atoms with Crippen molar-refractivity contribution in [3.8, 4) is 11.3 Å². The van der Waals surface area contributed by atoms with Crippen LogP contribution in [0.5, 0.6) is 0 Å². The monoisotopic (exact) mass is 399 g/mol. The lowest BCUT2D eigenvalue weighted by atomic mass is 10.1. The lowest BCUT2D eigenvalue weighted by molar-refractivity contribution is -0.133. The van der Waals surface area contributed by atoms with Gasteiger partial charge in [-0.05, 0) is 35.7 Å². The van der Waals surface area contributed by atoms with E-state index in [9.17, 15) is 9.59 Å². The van der Waals surface area contributed by atoms with E-state index in [2.05, 4.69) is 20.3 Å². The average molecular weight is 399 g/mol. The molecule has 7 nitrogen and oxygen atoms in total. The fourth-order valence-electron chi connectivity index (χ4n) is 4.02. The van der Waals surface area contributed by atoms with Crippen molar-refractivity contribution in [3.63, 3.8) is 0 Å². The maximum Gasteiger partial charge on any atom is 0.247 e. The summed E-state index contributed by atoms with van der Waals surface area (Å²) in [6, 6.07) is 15.1. The van der Waals surface area contributed by atoms with Crippen molar-refractivity contribution in [2.24, 2.45) is 0 Å². The number of aromatic nitrogens is 3. The van der Waals surface area contributed by atoms with Crippen molar-refractivity contribution in [1.82, 2.24) is 19.9 Å². The van der Waals surface area contributed by atoms with Crippen LogP contribution in [0.25, 0.3) is 22.2 Å². The molecular formula is C23H21N5O2. The van der Waals surface area contributed by atoms with Gasteiger partial charge in [0.25, 0.3) is 0 Å². The standard InChI is InChI=1S/C23H21N5O2/c29-22-10-9-21(28(22)13-16-11-25-19-4-2-1-3-18(16)19)23(30)27-17-7-5-15(6-8-17)20-12-24-14-26-20/h1-8,11-12,14,21,25H,9-10,13H2,(H,24,26)(H,27,30). The van der Waals surface area contributed by atoms with Gasteiger partial charge in [0.2, 0.25) is 11.8 Å². The van der Waals surface area contributed by atoms with Crippen LogP contribution in [0.4, 0.5) is 5.69 Å². The van der Waals surface area contributed by atoms with Gasteiger partial charge in [0.05, 0.1) is 18.2 Å². The quantitative estimate of drug-likeness (QED) is 0.478. The number of carbonyl (C=O) groups excluding carboxylic acids is 2. The smallest absolute Gasteiger partial charge is 0.247 e. The highest BCUT2D eigenvalue weighted by molar-refractivity contribution is 5.99. The van der Waals surface area contributed by atoms with Gasteiger partial charge in [-0.1, -0.05) is 30.3 Å². The third kappa shape index (κ3) is 3.34. The number of rotatable bonds is 5. The van der Waals surface area contributed by atoms with E-state index in [1.807, 2.05) is 54.7 Å². The van der Waals surface area contributed by atoms with E-state index in [0.29, 0.717) is 25.1 Å². The number of imidazole rings is 1. The second-order valence-corrected chi connectivity index (χ2v) is 7.47. The molecule has 2 aromatic carbocycles. The zero-order valence-corrected chi connectivity index (χ0v) is 16.3. The van der Waals surface area contributed by atoms with Gasteiger partial charge in [0.15, 0.2) is 0 Å². The molecule has 150 valence electrons. The molecule has 5 rings (SSSR count). The number of anilines is 1. The predicted octanol–water partition coefficient (Wildman–Crippen LogP) is 3.69. The van der Waals surface area contributed by atoms with Crippen LogP contribution in [-0.4, -0.2) is 37.7 Å². The van der Waals surface area contributed by atoms with Crippen molar-refractivity contribution < 1.29 is 9.59 Å². The molecule has 1 saturated heterocycles. The van der Waals surface area contributed by atoms with Crippen molar-refractivity contribution in [2.45, 2.75) is 25.4 Å². The van der Waals surface area contributed by atoms with Crippen LogP contribution in [0.2, 0.25) is 0 Å². The minimum absolute atomic E-state index is 0.00928. The van der Waals surface area contributed by atoms with E-state index < -0.39 is 6.04 Å². The normalized spacial score (nSPS) is 16.3. The average Bonchev–Trinajstić information content (AvgIpc) is 3.51. The van der Waals surface area contributed by atoms with E-state index in [1.54, 1.807) is 17.4 Å². The highest BCUT2D eigenvalue weighted by Gasteiger charge is 2.36. The maximum absolute atomic E-state index is 12.9. The second kappa shape index (κ2) is 7.51. The molecule has 3 N–H and O–H groups in total. The Bertz CT molecular complexity index is 1190. The van der Waals surface area contributed by atoms with Gasteiger partial charge in [0.1, 0.15) is 6.04 Å². The van der Waals surface area contributed by atoms with Crippen molar-refractivity contribution in [2.75, 3.05) is 5.32 Å². The third-order valence-corrected chi connectivity index (χ3v) is 5.61. The predicted molar refractivity (Wildman–Crippen MR) is 115 cm³/mol. The third-order valence-electron chi connectivity index (χ3n) is 5.61. The van der Waals surface area contributed by atoms with E-state index in [1.165, 1.54) is 0 Å². The molecule has 1 fully saturated rings. The van der Waals surface area contributed by atoms with Gasteiger partial charge in [-0.15, -0.1) is 0 Å². The molecule has 0 radical (unpaired) electrons. The molecular weight excluding hydrogens is 378 g/mol. The Labute approximate surface area is 173 Å². The van der Waals surface area contributed by atoms with Gasteiger partial charge in [0, 0.05) is 35.8 Å². The topological polar surface area (TPSA) is 93.9 Å². The van der Waals surface area contributed by atoms with Gasteiger partial charge in [-0.25, -0.2) is 4.98 Å². The van der Waals surface area contributed by atoms with Crippen LogP contribution in [0.3, 0.4) is 0 Å². The van der Waals surface area contributed by atoms with Crippen molar-refractivity contribution in [3.05, 3.63) is 72.8 Å². The van der Waals surface area contributed by atoms with Crippen LogP contribution in [0, 0.1) is 0 Å². The van der Waals surface area contributed by atoms with Crippen LogP contribution >= 0.6 is 0 Å². The van der Waals surface area contributed by atoms with Crippen LogP contribution < -0.4 is 5.32 Å². The number of para-hydroxylation sites is 1. The number of aromatic amines is 2. The Kier molecular flexibility index (Phi) is 4.55. The highest BCUT2D eigenvalue weighted by atomic mass is 16.2. The molecule has 1 unspecified atom stereocenters. The molecule has 2 aromatic heterocycles. The first-order valence-corrected chi connectivity index (χ1v) is 9.93. The van der Waals surface area contributed by atoms with E-state index in [4.69, 9.17) is 0 Å². The second-order valence-electron chi connectivity index (χ2n) is 7.47. The Balaban J connectivity index is 1.31. The molecule has 0 bridgehead atoms. The van der Waals surface area contributed by atoms with Crippen molar-refractivity contribution >= 4 is 28.4 Å². The summed E-state index contributed by atoms with van der Waals surface area (Å²) in [6.45, 7) is 0.416. The Morgan fingerprint density at radius 3 is 2.77 bits per heavy atom. The summed E-state index contributed by atoms with van der Waals surface area (Å²) in [5, 5.41) is 4.03. The molecule has 3 heterocycles. The Morgan fingerprint density at radius 1 is 1.13 bits per heavy atom. The molecule has 7 heteroatoms. The number of hydrogen-bond donors (Lipinski definition) is 3. The minimum Gasteiger partial charge on any atom is -0.361 e. The summed E-state index contributed by atoms with van der Waals surface area (Å²) in [5.74, 6) is -0.148. The molecule has 0 aliphatic carbocycles. The summed E-state index contributed by atoms with van der Waals surface area (Å²) >= 11 is 0. The first-order valence-electron chi connectivity index (χ1n) is 9.93. The van der Waals surface area contributed by atoms with Gasteiger partial charge in [-0.3, -0.25) is 9.59 Å². The molecule has 1 aliphatic heterocycles. The lowest BCUT2D eigenvalue weighted by Gasteiger charge is -2.24. The number of hydrogen-bond acceptors (Lipinski definition) is 3. The Morgan fingerprint density at radius 2 is 1.97 bits per heavy atom. The lowest BCUT2D eigenvalue weighted by Crippen LogP contribution is -2.41.